The first kappa shape index (κ1) is 11.4. The highest BCUT2D eigenvalue weighted by Crippen LogP contribution is 2.33. The SMILES string of the molecule is COc1ccc(N2C(=O)[C@@H]3CSCN3C2=O)cc1. The summed E-state index contributed by atoms with van der Waals surface area (Å²) in [5, 5.41) is 0. The lowest BCUT2D eigenvalue weighted by atomic mass is 10.2. The molecule has 0 aromatic heterocycles. The van der Waals surface area contributed by atoms with Crippen molar-refractivity contribution >= 4 is 29.4 Å². The first-order chi connectivity index (χ1) is 8.72. The standard InChI is InChI=1S/C12H12N2O3S/c1-17-9-4-2-8(3-5-9)14-11(15)10-6-18-7-13(10)12(14)16/h2-5,10H,6-7H2,1H3/t10-/m0/s1. The summed E-state index contributed by atoms with van der Waals surface area (Å²) in [4.78, 5) is 27.2. The summed E-state index contributed by atoms with van der Waals surface area (Å²) >= 11 is 1.61. The summed E-state index contributed by atoms with van der Waals surface area (Å²) in [7, 11) is 1.58. The number of anilines is 1. The first-order valence-corrected chi connectivity index (χ1v) is 6.74. The summed E-state index contributed by atoms with van der Waals surface area (Å²) in [6.07, 6.45) is 0. The molecule has 94 valence electrons. The Labute approximate surface area is 109 Å². The minimum atomic E-state index is -0.287. The van der Waals surface area contributed by atoms with Gasteiger partial charge in [-0.05, 0) is 24.3 Å². The predicted octanol–water partition coefficient (Wildman–Crippen LogP) is 1.54. The van der Waals surface area contributed by atoms with Gasteiger partial charge in [0.1, 0.15) is 11.8 Å². The molecule has 3 amide bonds. The van der Waals surface area contributed by atoms with Crippen molar-refractivity contribution in [1.29, 1.82) is 0 Å². The monoisotopic (exact) mass is 264 g/mol. The zero-order valence-electron chi connectivity index (χ0n) is 9.83. The highest BCUT2D eigenvalue weighted by molar-refractivity contribution is 7.99. The van der Waals surface area contributed by atoms with E-state index in [0.29, 0.717) is 23.1 Å². The molecular weight excluding hydrogens is 252 g/mol. The molecule has 5 nitrogen and oxygen atoms in total. The van der Waals surface area contributed by atoms with Gasteiger partial charge < -0.3 is 9.64 Å². The fraction of sp³-hybridized carbons (Fsp3) is 0.333. The van der Waals surface area contributed by atoms with Crippen LogP contribution in [-0.4, -0.2) is 41.6 Å². The molecule has 6 heteroatoms. The second kappa shape index (κ2) is 4.20. The Morgan fingerprint density at radius 3 is 2.61 bits per heavy atom. The Kier molecular flexibility index (Phi) is 2.66. The van der Waals surface area contributed by atoms with E-state index >= 15 is 0 Å². The van der Waals surface area contributed by atoms with Crippen LogP contribution in [0.15, 0.2) is 24.3 Å². The van der Waals surface area contributed by atoms with Crippen molar-refractivity contribution in [1.82, 2.24) is 4.90 Å². The number of rotatable bonds is 2. The van der Waals surface area contributed by atoms with Crippen LogP contribution in [0.3, 0.4) is 0 Å². The quantitative estimate of drug-likeness (QED) is 0.760. The molecule has 0 N–H and O–H groups in total. The molecule has 2 aliphatic rings. The molecule has 0 spiro atoms. The smallest absolute Gasteiger partial charge is 0.332 e. The number of benzene rings is 1. The first-order valence-electron chi connectivity index (χ1n) is 5.59. The van der Waals surface area contributed by atoms with Gasteiger partial charge in [0.2, 0.25) is 0 Å². The molecule has 18 heavy (non-hydrogen) atoms. The van der Waals surface area contributed by atoms with Gasteiger partial charge in [-0.3, -0.25) is 4.79 Å². The van der Waals surface area contributed by atoms with Crippen molar-refractivity contribution in [3.8, 4) is 5.75 Å². The van der Waals surface area contributed by atoms with Crippen LogP contribution in [0.4, 0.5) is 10.5 Å². The van der Waals surface area contributed by atoms with E-state index < -0.39 is 0 Å². The van der Waals surface area contributed by atoms with Gasteiger partial charge in [-0.2, -0.15) is 0 Å². The van der Waals surface area contributed by atoms with E-state index in [9.17, 15) is 9.59 Å². The number of hydrogen-bond donors (Lipinski definition) is 0. The molecule has 2 aliphatic heterocycles. The van der Waals surface area contributed by atoms with E-state index in [1.165, 1.54) is 4.90 Å². The molecule has 0 bridgehead atoms. The maximum atomic E-state index is 12.2. The molecule has 1 aromatic rings. The number of fused-ring (bicyclic) bond motifs is 1. The van der Waals surface area contributed by atoms with Gasteiger partial charge >= 0.3 is 6.03 Å². The van der Waals surface area contributed by atoms with E-state index in [0.717, 1.165) is 0 Å². The minimum Gasteiger partial charge on any atom is -0.497 e. The van der Waals surface area contributed by atoms with Crippen molar-refractivity contribution in [2.24, 2.45) is 0 Å². The largest absolute Gasteiger partial charge is 0.497 e. The molecular formula is C12H12N2O3S. The molecule has 2 heterocycles. The minimum absolute atomic E-state index is 0.129. The molecule has 0 saturated carbocycles. The fourth-order valence-corrected chi connectivity index (χ4v) is 3.31. The lowest BCUT2D eigenvalue weighted by molar-refractivity contribution is -0.118. The summed E-state index contributed by atoms with van der Waals surface area (Å²) in [5.41, 5.74) is 0.602. The number of carbonyl (C=O) groups excluding carboxylic acids is 2. The van der Waals surface area contributed by atoms with Crippen LogP contribution >= 0.6 is 11.8 Å². The zero-order valence-corrected chi connectivity index (χ0v) is 10.6. The van der Waals surface area contributed by atoms with Crippen LogP contribution in [0.5, 0.6) is 5.75 Å². The molecule has 2 saturated heterocycles. The van der Waals surface area contributed by atoms with E-state index in [-0.39, 0.29) is 18.0 Å². The number of imide groups is 1. The third-order valence-electron chi connectivity index (χ3n) is 3.16. The average Bonchev–Trinajstić information content (AvgIpc) is 2.95. The van der Waals surface area contributed by atoms with Crippen molar-refractivity contribution in [2.45, 2.75) is 6.04 Å². The predicted molar refractivity (Wildman–Crippen MR) is 68.8 cm³/mol. The number of urea groups is 1. The summed E-state index contributed by atoms with van der Waals surface area (Å²) in [5.74, 6) is 1.86. The Hall–Kier alpha value is -1.69. The van der Waals surface area contributed by atoms with Gasteiger partial charge in [0.15, 0.2) is 0 Å². The third kappa shape index (κ3) is 1.56. The van der Waals surface area contributed by atoms with Crippen molar-refractivity contribution < 1.29 is 14.3 Å². The normalized spacial score (nSPS) is 22.6. The molecule has 0 aliphatic carbocycles. The van der Waals surface area contributed by atoms with Gasteiger partial charge in [-0.1, -0.05) is 0 Å². The fourth-order valence-electron chi connectivity index (χ4n) is 2.18. The Morgan fingerprint density at radius 1 is 1.28 bits per heavy atom. The second-order valence-corrected chi connectivity index (χ2v) is 5.14. The van der Waals surface area contributed by atoms with Crippen LogP contribution in [0.2, 0.25) is 0 Å². The van der Waals surface area contributed by atoms with Crippen LogP contribution in [-0.2, 0) is 4.79 Å². The van der Waals surface area contributed by atoms with Crippen molar-refractivity contribution in [2.75, 3.05) is 23.6 Å². The lowest BCUT2D eigenvalue weighted by Crippen LogP contribution is -2.32. The van der Waals surface area contributed by atoms with Crippen LogP contribution in [0.1, 0.15) is 0 Å². The summed E-state index contributed by atoms with van der Waals surface area (Å²) in [6.45, 7) is 0. The average molecular weight is 264 g/mol. The number of nitrogens with zero attached hydrogens (tertiary/aromatic N) is 2. The lowest BCUT2D eigenvalue weighted by Gasteiger charge is -2.15. The maximum Gasteiger partial charge on any atom is 0.332 e. The van der Waals surface area contributed by atoms with Crippen molar-refractivity contribution in [3.05, 3.63) is 24.3 Å². The molecule has 0 radical (unpaired) electrons. The second-order valence-electron chi connectivity index (χ2n) is 4.14. The van der Waals surface area contributed by atoms with E-state index in [4.69, 9.17) is 4.74 Å². The third-order valence-corrected chi connectivity index (χ3v) is 4.17. The van der Waals surface area contributed by atoms with E-state index in [1.807, 2.05) is 0 Å². The van der Waals surface area contributed by atoms with Gasteiger partial charge in [-0.25, -0.2) is 9.69 Å². The van der Waals surface area contributed by atoms with E-state index in [1.54, 1.807) is 48.0 Å². The Balaban J connectivity index is 1.92. The number of hydrogen-bond acceptors (Lipinski definition) is 4. The van der Waals surface area contributed by atoms with Crippen LogP contribution in [0, 0.1) is 0 Å². The van der Waals surface area contributed by atoms with Crippen LogP contribution in [0.25, 0.3) is 0 Å². The number of ether oxygens (including phenoxy) is 1. The molecule has 2 fully saturated rings. The zero-order chi connectivity index (χ0) is 12.7. The Morgan fingerprint density at radius 2 is 2.00 bits per heavy atom. The van der Waals surface area contributed by atoms with Gasteiger partial charge in [0.25, 0.3) is 5.91 Å². The van der Waals surface area contributed by atoms with Gasteiger partial charge in [0.05, 0.1) is 18.7 Å². The van der Waals surface area contributed by atoms with Crippen LogP contribution < -0.4 is 9.64 Å². The number of thioether (sulfide) groups is 1. The maximum absolute atomic E-state index is 12.2. The molecule has 1 atom stereocenters. The Bertz CT molecular complexity index is 481. The number of amides is 3. The van der Waals surface area contributed by atoms with Gasteiger partial charge in [0, 0.05) is 5.75 Å². The van der Waals surface area contributed by atoms with Gasteiger partial charge in [-0.15, -0.1) is 11.8 Å². The highest BCUT2D eigenvalue weighted by Gasteiger charge is 2.48. The summed E-state index contributed by atoms with van der Waals surface area (Å²) in [6, 6.07) is 6.43. The van der Waals surface area contributed by atoms with Crippen molar-refractivity contribution in [3.63, 3.8) is 0 Å². The highest BCUT2D eigenvalue weighted by atomic mass is 32.2. The topological polar surface area (TPSA) is 49.9 Å². The summed E-state index contributed by atoms with van der Waals surface area (Å²) < 4.78 is 5.06. The molecule has 3 rings (SSSR count). The molecule has 0 unspecified atom stereocenters. The number of carbonyl (C=O) groups is 2. The number of methoxy groups -OCH3 is 1. The van der Waals surface area contributed by atoms with E-state index in [2.05, 4.69) is 0 Å². The molecule has 1 aromatic carbocycles.